The zero-order chi connectivity index (χ0) is 19.8. The maximum Gasteiger partial charge on any atom is 0.257 e. The van der Waals surface area contributed by atoms with E-state index < -0.39 is 0 Å². The lowest BCUT2D eigenvalue weighted by molar-refractivity contribution is 0.0623. The first-order chi connectivity index (χ1) is 13.4. The Hall–Kier alpha value is -2.93. The molecule has 0 atom stereocenters. The second-order valence-electron chi connectivity index (χ2n) is 7.33. The van der Waals surface area contributed by atoms with Gasteiger partial charge >= 0.3 is 0 Å². The van der Waals surface area contributed by atoms with Crippen LogP contribution in [0.25, 0.3) is 10.9 Å². The van der Waals surface area contributed by atoms with E-state index in [0.717, 1.165) is 35.3 Å². The van der Waals surface area contributed by atoms with E-state index in [1.54, 1.807) is 0 Å². The van der Waals surface area contributed by atoms with Gasteiger partial charge in [-0.15, -0.1) is 0 Å². The molecule has 2 N–H and O–H groups in total. The quantitative estimate of drug-likeness (QED) is 0.753. The average molecular weight is 379 g/mol. The Balaban J connectivity index is 1.43. The number of fused-ring (bicyclic) bond motifs is 1. The van der Waals surface area contributed by atoms with Gasteiger partial charge in [-0.1, -0.05) is 12.1 Å². The molecule has 1 amide bonds. The van der Waals surface area contributed by atoms with Crippen molar-refractivity contribution < 1.29 is 9.21 Å². The standard InChI is InChI=1S/C21H25N5O2/c1-13-14(2)28-15(3)19(13)21(27)26-10-8-25(9-11-26)12-18-23-17-7-5-4-6-16(17)20(22)24-18/h4-7H,8-12H2,1-3H3,(H2,22,23,24). The first kappa shape index (κ1) is 18.4. The number of piperazine rings is 1. The van der Waals surface area contributed by atoms with Crippen molar-refractivity contribution in [2.75, 3.05) is 31.9 Å². The number of aromatic nitrogens is 2. The third-order valence-corrected chi connectivity index (χ3v) is 5.48. The van der Waals surface area contributed by atoms with E-state index in [1.165, 1.54) is 0 Å². The lowest BCUT2D eigenvalue weighted by atomic mass is 10.1. The summed E-state index contributed by atoms with van der Waals surface area (Å²) in [7, 11) is 0. The predicted molar refractivity (Wildman–Crippen MR) is 108 cm³/mol. The van der Waals surface area contributed by atoms with Crippen molar-refractivity contribution in [1.29, 1.82) is 0 Å². The maximum absolute atomic E-state index is 12.9. The molecule has 3 heterocycles. The third-order valence-electron chi connectivity index (χ3n) is 5.48. The number of carbonyl (C=O) groups excluding carboxylic acids is 1. The van der Waals surface area contributed by atoms with Crippen LogP contribution in [0.4, 0.5) is 5.82 Å². The Bertz CT molecular complexity index is 1030. The molecule has 146 valence electrons. The minimum atomic E-state index is 0.0534. The molecule has 7 heteroatoms. The highest BCUT2D eigenvalue weighted by Gasteiger charge is 2.27. The van der Waals surface area contributed by atoms with Gasteiger partial charge in [0.05, 0.1) is 17.6 Å². The molecule has 1 fully saturated rings. The summed E-state index contributed by atoms with van der Waals surface area (Å²) in [5, 5.41) is 0.878. The van der Waals surface area contributed by atoms with E-state index in [1.807, 2.05) is 49.9 Å². The van der Waals surface area contributed by atoms with Crippen molar-refractivity contribution >= 4 is 22.6 Å². The number of benzene rings is 1. The zero-order valence-electron chi connectivity index (χ0n) is 16.5. The van der Waals surface area contributed by atoms with Crippen LogP contribution in [0.15, 0.2) is 28.7 Å². The second-order valence-corrected chi connectivity index (χ2v) is 7.33. The number of amides is 1. The molecule has 0 spiro atoms. The number of rotatable bonds is 3. The largest absolute Gasteiger partial charge is 0.466 e. The molecule has 4 rings (SSSR count). The minimum absolute atomic E-state index is 0.0534. The smallest absolute Gasteiger partial charge is 0.257 e. The molecule has 7 nitrogen and oxygen atoms in total. The van der Waals surface area contributed by atoms with Crippen LogP contribution in [0.3, 0.4) is 0 Å². The Morgan fingerprint density at radius 3 is 2.46 bits per heavy atom. The highest BCUT2D eigenvalue weighted by molar-refractivity contribution is 5.97. The average Bonchev–Trinajstić information content (AvgIpc) is 2.93. The molecule has 0 saturated carbocycles. The number of hydrogen-bond donors (Lipinski definition) is 1. The summed E-state index contributed by atoms with van der Waals surface area (Å²) in [4.78, 5) is 26.2. The van der Waals surface area contributed by atoms with Crippen molar-refractivity contribution in [3.63, 3.8) is 0 Å². The Labute approximate surface area is 164 Å². The summed E-state index contributed by atoms with van der Waals surface area (Å²) in [5.74, 6) is 2.79. The highest BCUT2D eigenvalue weighted by Crippen LogP contribution is 2.23. The summed E-state index contributed by atoms with van der Waals surface area (Å²) in [6, 6.07) is 7.76. The first-order valence-corrected chi connectivity index (χ1v) is 9.53. The number of nitrogen functional groups attached to an aromatic ring is 1. The number of nitrogens with two attached hydrogens (primary N) is 1. The van der Waals surface area contributed by atoms with E-state index in [9.17, 15) is 4.79 Å². The van der Waals surface area contributed by atoms with Gasteiger partial charge in [-0.2, -0.15) is 0 Å². The minimum Gasteiger partial charge on any atom is -0.466 e. The number of para-hydroxylation sites is 1. The van der Waals surface area contributed by atoms with Crippen LogP contribution >= 0.6 is 0 Å². The molecule has 2 aromatic heterocycles. The van der Waals surface area contributed by atoms with Crippen LogP contribution in [-0.2, 0) is 6.54 Å². The Morgan fingerprint density at radius 2 is 1.79 bits per heavy atom. The maximum atomic E-state index is 12.9. The van der Waals surface area contributed by atoms with Gasteiger partial charge in [-0.25, -0.2) is 9.97 Å². The fraction of sp³-hybridized carbons (Fsp3) is 0.381. The van der Waals surface area contributed by atoms with Crippen LogP contribution in [-0.4, -0.2) is 51.9 Å². The van der Waals surface area contributed by atoms with Crippen LogP contribution in [0.2, 0.25) is 0 Å². The summed E-state index contributed by atoms with van der Waals surface area (Å²) in [6.45, 7) is 9.21. The predicted octanol–water partition coefficient (Wildman–Crippen LogP) is 2.69. The van der Waals surface area contributed by atoms with Crippen molar-refractivity contribution in [2.45, 2.75) is 27.3 Å². The van der Waals surface area contributed by atoms with E-state index in [2.05, 4.69) is 14.9 Å². The van der Waals surface area contributed by atoms with Crippen LogP contribution in [0.1, 0.15) is 33.3 Å². The van der Waals surface area contributed by atoms with Crippen LogP contribution in [0.5, 0.6) is 0 Å². The molecular formula is C21H25N5O2. The van der Waals surface area contributed by atoms with Crippen molar-refractivity contribution in [1.82, 2.24) is 19.8 Å². The Morgan fingerprint density at radius 1 is 1.07 bits per heavy atom. The zero-order valence-corrected chi connectivity index (χ0v) is 16.5. The number of carbonyl (C=O) groups is 1. The van der Waals surface area contributed by atoms with Gasteiger partial charge in [0.1, 0.15) is 23.2 Å². The topological polar surface area (TPSA) is 88.5 Å². The summed E-state index contributed by atoms with van der Waals surface area (Å²) < 4.78 is 5.62. The number of nitrogens with zero attached hydrogens (tertiary/aromatic N) is 4. The van der Waals surface area contributed by atoms with E-state index >= 15 is 0 Å². The van der Waals surface area contributed by atoms with Gasteiger partial charge in [-0.05, 0) is 32.9 Å². The number of furan rings is 1. The Kier molecular flexibility index (Phi) is 4.77. The van der Waals surface area contributed by atoms with Gasteiger partial charge < -0.3 is 15.1 Å². The molecule has 0 unspecified atom stereocenters. The van der Waals surface area contributed by atoms with E-state index in [0.29, 0.717) is 42.6 Å². The molecular weight excluding hydrogens is 354 g/mol. The van der Waals surface area contributed by atoms with Crippen molar-refractivity contribution in [3.8, 4) is 0 Å². The van der Waals surface area contributed by atoms with Gasteiger partial charge in [0.2, 0.25) is 0 Å². The molecule has 0 radical (unpaired) electrons. The lowest BCUT2D eigenvalue weighted by Crippen LogP contribution is -2.48. The molecule has 0 bridgehead atoms. The van der Waals surface area contributed by atoms with Gasteiger partial charge in [0.25, 0.3) is 5.91 Å². The third kappa shape index (κ3) is 3.33. The fourth-order valence-electron chi connectivity index (χ4n) is 3.80. The normalized spacial score (nSPS) is 15.3. The number of aryl methyl sites for hydroxylation is 2. The molecule has 28 heavy (non-hydrogen) atoms. The van der Waals surface area contributed by atoms with Crippen LogP contribution < -0.4 is 5.73 Å². The van der Waals surface area contributed by atoms with Crippen molar-refractivity contribution in [3.05, 3.63) is 52.7 Å². The van der Waals surface area contributed by atoms with Gasteiger partial charge in [0, 0.05) is 37.1 Å². The molecule has 1 aliphatic heterocycles. The van der Waals surface area contributed by atoms with E-state index in [-0.39, 0.29) is 5.91 Å². The number of anilines is 1. The molecule has 3 aromatic rings. The monoisotopic (exact) mass is 379 g/mol. The van der Waals surface area contributed by atoms with Gasteiger partial charge in [0.15, 0.2) is 0 Å². The molecule has 0 aliphatic carbocycles. The highest BCUT2D eigenvalue weighted by atomic mass is 16.3. The van der Waals surface area contributed by atoms with Crippen LogP contribution in [0, 0.1) is 20.8 Å². The first-order valence-electron chi connectivity index (χ1n) is 9.53. The fourth-order valence-corrected chi connectivity index (χ4v) is 3.80. The molecule has 1 aromatic carbocycles. The second kappa shape index (κ2) is 7.24. The van der Waals surface area contributed by atoms with E-state index in [4.69, 9.17) is 10.2 Å². The molecule has 1 aliphatic rings. The number of hydrogen-bond acceptors (Lipinski definition) is 6. The summed E-state index contributed by atoms with van der Waals surface area (Å²) >= 11 is 0. The summed E-state index contributed by atoms with van der Waals surface area (Å²) in [6.07, 6.45) is 0. The van der Waals surface area contributed by atoms with Gasteiger partial charge in [-0.3, -0.25) is 9.69 Å². The summed E-state index contributed by atoms with van der Waals surface area (Å²) in [5.41, 5.74) is 8.59. The van der Waals surface area contributed by atoms with Crippen molar-refractivity contribution in [2.24, 2.45) is 0 Å². The lowest BCUT2D eigenvalue weighted by Gasteiger charge is -2.34. The SMILES string of the molecule is Cc1oc(C)c(C(=O)N2CCN(Cc3nc(N)c4ccccc4n3)CC2)c1C. The molecule has 1 saturated heterocycles.